The number of fused-ring (bicyclic) bond motifs is 1. The zero-order valence-corrected chi connectivity index (χ0v) is 13.9. The molecule has 2 aromatic carbocycles. The van der Waals surface area contributed by atoms with Crippen LogP contribution in [-0.4, -0.2) is 23.9 Å². The van der Waals surface area contributed by atoms with E-state index in [-0.39, 0.29) is 11.5 Å². The number of rotatable bonds is 2. The number of likely N-dealkylation sites (tertiary alicyclic amines) is 1. The Morgan fingerprint density at radius 2 is 1.64 bits per heavy atom. The Morgan fingerprint density at radius 1 is 0.920 bits per heavy atom. The van der Waals surface area contributed by atoms with E-state index in [2.05, 4.69) is 0 Å². The summed E-state index contributed by atoms with van der Waals surface area (Å²) in [5, 5.41) is 1.36. The molecule has 0 bridgehead atoms. The van der Waals surface area contributed by atoms with Crippen LogP contribution in [0.4, 0.5) is 0 Å². The molecule has 3 aromatic rings. The van der Waals surface area contributed by atoms with E-state index in [9.17, 15) is 9.59 Å². The first kappa shape index (κ1) is 15.6. The van der Waals surface area contributed by atoms with Crippen molar-refractivity contribution in [3.63, 3.8) is 0 Å². The van der Waals surface area contributed by atoms with Gasteiger partial charge in [0.15, 0.2) is 0 Å². The molecule has 4 rings (SSSR count). The van der Waals surface area contributed by atoms with Crippen molar-refractivity contribution in [3.8, 4) is 11.3 Å². The molecule has 0 N–H and O–H groups in total. The van der Waals surface area contributed by atoms with Crippen molar-refractivity contribution >= 4 is 16.7 Å². The van der Waals surface area contributed by atoms with E-state index in [1.807, 2.05) is 53.4 Å². The molecule has 4 heteroatoms. The van der Waals surface area contributed by atoms with Gasteiger partial charge in [0.25, 0.3) is 5.91 Å². The fourth-order valence-corrected chi connectivity index (χ4v) is 3.42. The summed E-state index contributed by atoms with van der Waals surface area (Å²) in [5.41, 5.74) is 0.872. The average molecular weight is 333 g/mol. The lowest BCUT2D eigenvalue weighted by Crippen LogP contribution is -2.35. The van der Waals surface area contributed by atoms with Gasteiger partial charge in [-0.15, -0.1) is 0 Å². The summed E-state index contributed by atoms with van der Waals surface area (Å²) in [6.07, 6.45) is 3.25. The van der Waals surface area contributed by atoms with Crippen LogP contribution in [-0.2, 0) is 0 Å². The van der Waals surface area contributed by atoms with Crippen LogP contribution in [0.1, 0.15) is 29.6 Å². The Labute approximate surface area is 145 Å². The summed E-state index contributed by atoms with van der Waals surface area (Å²) in [4.78, 5) is 27.1. The highest BCUT2D eigenvalue weighted by atomic mass is 16.4. The summed E-state index contributed by atoms with van der Waals surface area (Å²) < 4.78 is 5.53. The van der Waals surface area contributed by atoms with Crippen LogP contribution >= 0.6 is 0 Å². The van der Waals surface area contributed by atoms with Crippen molar-refractivity contribution in [1.29, 1.82) is 0 Å². The minimum Gasteiger partial charge on any atom is -0.422 e. The van der Waals surface area contributed by atoms with E-state index in [1.54, 1.807) is 6.07 Å². The average Bonchev–Trinajstić information content (AvgIpc) is 2.68. The van der Waals surface area contributed by atoms with Gasteiger partial charge in [0.1, 0.15) is 5.76 Å². The number of hydrogen-bond acceptors (Lipinski definition) is 3. The van der Waals surface area contributed by atoms with Crippen LogP contribution in [0, 0.1) is 0 Å². The highest BCUT2D eigenvalue weighted by Crippen LogP contribution is 2.27. The fourth-order valence-electron chi connectivity index (χ4n) is 3.42. The lowest BCUT2D eigenvalue weighted by atomic mass is 10.0. The van der Waals surface area contributed by atoms with Gasteiger partial charge in [0.2, 0.25) is 0 Å². The summed E-state index contributed by atoms with van der Waals surface area (Å²) >= 11 is 0. The van der Waals surface area contributed by atoms with E-state index >= 15 is 0 Å². The van der Waals surface area contributed by atoms with Crippen LogP contribution in [0.2, 0.25) is 0 Å². The molecule has 0 aliphatic carbocycles. The van der Waals surface area contributed by atoms with Crippen molar-refractivity contribution < 1.29 is 9.21 Å². The maximum Gasteiger partial charge on any atom is 0.344 e. The van der Waals surface area contributed by atoms with E-state index in [1.165, 1.54) is 6.42 Å². The van der Waals surface area contributed by atoms with Gasteiger partial charge in [-0.25, -0.2) is 4.79 Å². The second-order valence-corrected chi connectivity index (χ2v) is 6.38. The van der Waals surface area contributed by atoms with E-state index in [0.29, 0.717) is 22.3 Å². The number of hydrogen-bond donors (Lipinski definition) is 0. The number of nitrogens with zero attached hydrogens (tertiary/aromatic N) is 1. The molecule has 1 aliphatic rings. The fraction of sp³-hybridized carbons (Fsp3) is 0.238. The maximum atomic E-state index is 12.9. The van der Waals surface area contributed by atoms with Gasteiger partial charge in [-0.1, -0.05) is 36.4 Å². The normalized spacial score (nSPS) is 14.6. The smallest absolute Gasteiger partial charge is 0.344 e. The molecular formula is C21H19NO3. The van der Waals surface area contributed by atoms with Gasteiger partial charge in [-0.2, -0.15) is 0 Å². The molecule has 126 valence electrons. The second kappa shape index (κ2) is 6.55. The molecule has 1 aliphatic heterocycles. The molecule has 0 saturated carbocycles. The van der Waals surface area contributed by atoms with Gasteiger partial charge in [-0.3, -0.25) is 4.79 Å². The predicted molar refractivity (Wildman–Crippen MR) is 97.7 cm³/mol. The molecule has 1 fully saturated rings. The lowest BCUT2D eigenvalue weighted by Gasteiger charge is -2.27. The number of amides is 1. The molecule has 0 unspecified atom stereocenters. The molecule has 1 saturated heterocycles. The first-order valence-electron chi connectivity index (χ1n) is 8.65. The third kappa shape index (κ3) is 2.95. The Morgan fingerprint density at radius 3 is 2.48 bits per heavy atom. The predicted octanol–water partition coefficient (Wildman–Crippen LogP) is 4.09. The zero-order valence-electron chi connectivity index (χ0n) is 13.9. The SMILES string of the molecule is O=C(c1ccccc1-c1cc2ccccc2c(=O)o1)N1CCCCC1. The van der Waals surface area contributed by atoms with Crippen molar-refractivity contribution in [2.45, 2.75) is 19.3 Å². The van der Waals surface area contributed by atoms with Crippen LogP contribution < -0.4 is 5.63 Å². The lowest BCUT2D eigenvalue weighted by molar-refractivity contribution is 0.0725. The zero-order chi connectivity index (χ0) is 17.2. The van der Waals surface area contributed by atoms with Gasteiger partial charge < -0.3 is 9.32 Å². The van der Waals surface area contributed by atoms with Crippen LogP contribution in [0.5, 0.6) is 0 Å². The Balaban J connectivity index is 1.81. The highest BCUT2D eigenvalue weighted by Gasteiger charge is 2.22. The molecule has 1 amide bonds. The summed E-state index contributed by atoms with van der Waals surface area (Å²) in [5.74, 6) is 0.441. The van der Waals surface area contributed by atoms with Crippen LogP contribution in [0.15, 0.2) is 63.8 Å². The van der Waals surface area contributed by atoms with Gasteiger partial charge in [-0.05, 0) is 42.8 Å². The highest BCUT2D eigenvalue weighted by molar-refractivity contribution is 6.01. The minimum atomic E-state index is -0.381. The van der Waals surface area contributed by atoms with Gasteiger partial charge in [0, 0.05) is 18.7 Å². The van der Waals surface area contributed by atoms with Crippen LogP contribution in [0.25, 0.3) is 22.1 Å². The Bertz CT molecular complexity index is 984. The molecule has 4 nitrogen and oxygen atoms in total. The molecule has 2 heterocycles. The van der Waals surface area contributed by atoms with Crippen molar-refractivity contribution in [3.05, 3.63) is 70.6 Å². The third-order valence-electron chi connectivity index (χ3n) is 4.74. The third-order valence-corrected chi connectivity index (χ3v) is 4.74. The second-order valence-electron chi connectivity index (χ2n) is 6.38. The topological polar surface area (TPSA) is 50.5 Å². The van der Waals surface area contributed by atoms with Gasteiger partial charge >= 0.3 is 5.63 Å². The summed E-state index contributed by atoms with van der Waals surface area (Å²) in [7, 11) is 0. The van der Waals surface area contributed by atoms with E-state index in [0.717, 1.165) is 31.3 Å². The van der Waals surface area contributed by atoms with Crippen molar-refractivity contribution in [2.24, 2.45) is 0 Å². The largest absolute Gasteiger partial charge is 0.422 e. The van der Waals surface area contributed by atoms with E-state index < -0.39 is 0 Å². The van der Waals surface area contributed by atoms with Gasteiger partial charge in [0.05, 0.1) is 10.9 Å². The van der Waals surface area contributed by atoms with E-state index in [4.69, 9.17) is 4.42 Å². The molecular weight excluding hydrogens is 314 g/mol. The first-order valence-corrected chi connectivity index (χ1v) is 8.65. The number of carbonyl (C=O) groups is 1. The van der Waals surface area contributed by atoms with Crippen molar-refractivity contribution in [2.75, 3.05) is 13.1 Å². The molecule has 0 radical (unpaired) electrons. The molecule has 0 atom stereocenters. The maximum absolute atomic E-state index is 12.9. The molecule has 25 heavy (non-hydrogen) atoms. The number of carbonyl (C=O) groups excluding carboxylic acids is 1. The monoisotopic (exact) mass is 333 g/mol. The first-order chi connectivity index (χ1) is 12.2. The minimum absolute atomic E-state index is 0.00566. The molecule has 1 aromatic heterocycles. The number of piperidine rings is 1. The quantitative estimate of drug-likeness (QED) is 0.710. The standard InChI is InChI=1S/C21H19NO3/c23-20(22-12-6-1-7-13-22)18-11-5-4-10-17(18)19-14-15-8-2-3-9-16(15)21(24)25-19/h2-5,8-11,14H,1,6-7,12-13H2. The van der Waals surface area contributed by atoms with Crippen molar-refractivity contribution in [1.82, 2.24) is 4.90 Å². The number of benzene rings is 2. The Hall–Kier alpha value is -2.88. The molecule has 0 spiro atoms. The summed E-state index contributed by atoms with van der Waals surface area (Å²) in [6, 6.07) is 16.5. The summed E-state index contributed by atoms with van der Waals surface area (Å²) in [6.45, 7) is 1.57. The van der Waals surface area contributed by atoms with Crippen LogP contribution in [0.3, 0.4) is 0 Å². The Kier molecular flexibility index (Phi) is 4.10.